The summed E-state index contributed by atoms with van der Waals surface area (Å²) in [6.07, 6.45) is 3.69. The summed E-state index contributed by atoms with van der Waals surface area (Å²) in [6.45, 7) is 3.95. The highest BCUT2D eigenvalue weighted by atomic mass is 19.4. The van der Waals surface area contributed by atoms with Gasteiger partial charge in [0.15, 0.2) is 0 Å². The molecule has 6 nitrogen and oxygen atoms in total. The van der Waals surface area contributed by atoms with Crippen LogP contribution in [0.15, 0.2) is 42.9 Å². The van der Waals surface area contributed by atoms with Gasteiger partial charge in [0, 0.05) is 23.6 Å². The van der Waals surface area contributed by atoms with Crippen LogP contribution in [0, 0.1) is 6.92 Å². The third-order valence-electron chi connectivity index (χ3n) is 5.13. The molecule has 1 fully saturated rings. The summed E-state index contributed by atoms with van der Waals surface area (Å²) in [5.41, 5.74) is 2.50. The molecule has 0 saturated carbocycles. The van der Waals surface area contributed by atoms with Gasteiger partial charge in [-0.1, -0.05) is 6.07 Å². The summed E-state index contributed by atoms with van der Waals surface area (Å²) in [5, 5.41) is 10.9. The van der Waals surface area contributed by atoms with E-state index in [1.54, 1.807) is 0 Å². The molecule has 1 saturated heterocycles. The van der Waals surface area contributed by atoms with Crippen molar-refractivity contribution in [3.8, 4) is 11.1 Å². The van der Waals surface area contributed by atoms with E-state index in [0.717, 1.165) is 61.3 Å². The number of hydrogen-bond donors (Lipinski definition) is 2. The quantitative estimate of drug-likeness (QED) is 0.644. The zero-order chi connectivity index (χ0) is 21.1. The molecule has 2 N–H and O–H groups in total. The zero-order valence-corrected chi connectivity index (χ0v) is 16.6. The van der Waals surface area contributed by atoms with Gasteiger partial charge in [0.2, 0.25) is 5.95 Å². The van der Waals surface area contributed by atoms with Gasteiger partial charge in [-0.25, -0.2) is 9.97 Å². The van der Waals surface area contributed by atoms with E-state index in [1.165, 1.54) is 0 Å². The summed E-state index contributed by atoms with van der Waals surface area (Å²) in [7, 11) is 0. The number of benzene rings is 1. The highest BCUT2D eigenvalue weighted by molar-refractivity contribution is 5.70. The van der Waals surface area contributed by atoms with Crippen molar-refractivity contribution in [3.05, 3.63) is 54.1 Å². The van der Waals surface area contributed by atoms with Crippen molar-refractivity contribution >= 4 is 11.6 Å². The molecule has 1 aromatic carbocycles. The minimum atomic E-state index is -4.51. The molecule has 0 spiro atoms. The first-order chi connectivity index (χ1) is 14.4. The number of halogens is 3. The molecule has 1 atom stereocenters. The Hall–Kier alpha value is -2.94. The van der Waals surface area contributed by atoms with Crippen molar-refractivity contribution in [1.82, 2.24) is 25.1 Å². The smallest absolute Gasteiger partial charge is 0.324 e. The molecule has 0 aliphatic carbocycles. The summed E-state index contributed by atoms with van der Waals surface area (Å²) in [6, 6.07) is 6.95. The third kappa shape index (κ3) is 4.79. The monoisotopic (exact) mass is 416 g/mol. The number of hydrogen-bond acceptors (Lipinski definition) is 5. The van der Waals surface area contributed by atoms with Gasteiger partial charge in [0.05, 0.1) is 12.2 Å². The van der Waals surface area contributed by atoms with Gasteiger partial charge in [0.1, 0.15) is 5.69 Å². The van der Waals surface area contributed by atoms with Crippen LogP contribution in [-0.4, -0.2) is 32.8 Å². The number of nitrogens with one attached hydrogen (secondary N) is 2. The molecule has 30 heavy (non-hydrogen) atoms. The second kappa shape index (κ2) is 8.43. The number of aromatic nitrogens is 4. The van der Waals surface area contributed by atoms with Crippen LogP contribution in [0.2, 0.25) is 0 Å². The maximum Gasteiger partial charge on any atom is 0.433 e. The fraction of sp³-hybridized carbons (Fsp3) is 0.381. The largest absolute Gasteiger partial charge is 0.433 e. The second-order valence-electron chi connectivity index (χ2n) is 7.52. The van der Waals surface area contributed by atoms with E-state index in [1.807, 2.05) is 42.2 Å². The second-order valence-corrected chi connectivity index (χ2v) is 7.52. The van der Waals surface area contributed by atoms with Crippen molar-refractivity contribution in [2.75, 3.05) is 18.4 Å². The van der Waals surface area contributed by atoms with Crippen molar-refractivity contribution in [2.45, 2.75) is 38.4 Å². The molecular formula is C21H23F3N6. The normalized spacial score (nSPS) is 17.5. The van der Waals surface area contributed by atoms with Crippen molar-refractivity contribution in [1.29, 1.82) is 0 Å². The average Bonchev–Trinajstić information content (AvgIpc) is 3.03. The number of nitrogens with zero attached hydrogens (tertiary/aromatic N) is 4. The Balaban J connectivity index is 1.57. The van der Waals surface area contributed by atoms with Crippen LogP contribution < -0.4 is 10.6 Å². The first-order valence-corrected chi connectivity index (χ1v) is 9.93. The predicted molar refractivity (Wildman–Crippen MR) is 108 cm³/mol. The molecule has 0 amide bonds. The van der Waals surface area contributed by atoms with Gasteiger partial charge < -0.3 is 10.6 Å². The highest BCUT2D eigenvalue weighted by Gasteiger charge is 2.32. The van der Waals surface area contributed by atoms with E-state index < -0.39 is 11.9 Å². The standard InChI is InChI=1S/C21H23F3N6/c1-14-9-15(16-12-27-30(13-16)18-3-2-6-25-7-4-18)11-17(10-14)28-20-26-8-5-19(29-20)21(22,23)24/h5,8-13,18,25H,2-4,6-7H2,1H3,(H,26,28,29). The zero-order valence-electron chi connectivity index (χ0n) is 16.6. The van der Waals surface area contributed by atoms with Crippen molar-refractivity contribution < 1.29 is 13.2 Å². The number of alkyl halides is 3. The fourth-order valence-electron chi connectivity index (χ4n) is 3.68. The van der Waals surface area contributed by atoms with Crippen LogP contribution in [0.5, 0.6) is 0 Å². The molecule has 3 aromatic rings. The molecule has 1 aliphatic heterocycles. The van der Waals surface area contributed by atoms with Gasteiger partial charge in [-0.2, -0.15) is 18.3 Å². The summed E-state index contributed by atoms with van der Waals surface area (Å²) < 4.78 is 40.7. The predicted octanol–water partition coefficient (Wildman–Crippen LogP) is 4.73. The van der Waals surface area contributed by atoms with Gasteiger partial charge in [-0.3, -0.25) is 4.68 Å². The van der Waals surface area contributed by atoms with Crippen LogP contribution in [-0.2, 0) is 6.18 Å². The Morgan fingerprint density at radius 1 is 1.13 bits per heavy atom. The van der Waals surface area contributed by atoms with E-state index in [0.29, 0.717) is 11.7 Å². The SMILES string of the molecule is Cc1cc(Nc2nccc(C(F)(F)F)n2)cc(-c2cnn(C3CCCNCC3)c2)c1. The Bertz CT molecular complexity index is 1010. The number of anilines is 2. The molecule has 158 valence electrons. The van der Waals surface area contributed by atoms with Gasteiger partial charge in [0.25, 0.3) is 0 Å². The maximum atomic E-state index is 12.9. The van der Waals surface area contributed by atoms with E-state index in [9.17, 15) is 13.2 Å². The van der Waals surface area contributed by atoms with Gasteiger partial charge >= 0.3 is 6.18 Å². The summed E-state index contributed by atoms with van der Waals surface area (Å²) >= 11 is 0. The lowest BCUT2D eigenvalue weighted by molar-refractivity contribution is -0.141. The van der Waals surface area contributed by atoms with Crippen LogP contribution >= 0.6 is 0 Å². The lowest BCUT2D eigenvalue weighted by Gasteiger charge is -2.14. The van der Waals surface area contributed by atoms with E-state index in [2.05, 4.69) is 25.7 Å². The summed E-state index contributed by atoms with van der Waals surface area (Å²) in [4.78, 5) is 7.49. The molecule has 1 unspecified atom stereocenters. The Morgan fingerprint density at radius 2 is 2.00 bits per heavy atom. The average molecular weight is 416 g/mol. The Kier molecular flexibility index (Phi) is 5.72. The van der Waals surface area contributed by atoms with E-state index >= 15 is 0 Å². The Labute approximate surface area is 172 Å². The van der Waals surface area contributed by atoms with Crippen LogP contribution in [0.3, 0.4) is 0 Å². The maximum absolute atomic E-state index is 12.9. The minimum absolute atomic E-state index is 0.0944. The van der Waals surface area contributed by atoms with Gasteiger partial charge in [-0.15, -0.1) is 0 Å². The lowest BCUT2D eigenvalue weighted by Crippen LogP contribution is -2.15. The molecular weight excluding hydrogens is 393 g/mol. The fourth-order valence-corrected chi connectivity index (χ4v) is 3.68. The molecule has 0 radical (unpaired) electrons. The Morgan fingerprint density at radius 3 is 2.83 bits per heavy atom. The van der Waals surface area contributed by atoms with Crippen LogP contribution in [0.25, 0.3) is 11.1 Å². The first-order valence-electron chi connectivity index (χ1n) is 9.93. The molecule has 2 aromatic heterocycles. The topological polar surface area (TPSA) is 67.7 Å². The highest BCUT2D eigenvalue weighted by Crippen LogP contribution is 2.30. The van der Waals surface area contributed by atoms with E-state index in [-0.39, 0.29) is 5.95 Å². The molecule has 3 heterocycles. The number of rotatable bonds is 4. The molecule has 1 aliphatic rings. The molecule has 0 bridgehead atoms. The third-order valence-corrected chi connectivity index (χ3v) is 5.13. The first kappa shape index (κ1) is 20.3. The molecule has 9 heteroatoms. The van der Waals surface area contributed by atoms with Gasteiger partial charge in [-0.05, 0) is 68.6 Å². The van der Waals surface area contributed by atoms with Crippen LogP contribution in [0.4, 0.5) is 24.8 Å². The summed E-state index contributed by atoms with van der Waals surface area (Å²) in [5.74, 6) is -0.0944. The van der Waals surface area contributed by atoms with E-state index in [4.69, 9.17) is 0 Å². The number of aryl methyl sites for hydroxylation is 1. The molecule has 4 rings (SSSR count). The minimum Gasteiger partial charge on any atom is -0.324 e. The van der Waals surface area contributed by atoms with Crippen molar-refractivity contribution in [3.63, 3.8) is 0 Å². The lowest BCUT2D eigenvalue weighted by atomic mass is 10.1. The van der Waals surface area contributed by atoms with Crippen molar-refractivity contribution in [2.24, 2.45) is 0 Å². The van der Waals surface area contributed by atoms with Crippen LogP contribution in [0.1, 0.15) is 36.6 Å².